The lowest BCUT2D eigenvalue weighted by Gasteiger charge is -2.09. The molecule has 0 aliphatic heterocycles. The highest BCUT2D eigenvalue weighted by atomic mass is 19.1. The van der Waals surface area contributed by atoms with E-state index in [2.05, 4.69) is 6.92 Å². The second-order valence-electron chi connectivity index (χ2n) is 4.76. The summed E-state index contributed by atoms with van der Waals surface area (Å²) >= 11 is 0. The zero-order chi connectivity index (χ0) is 15.1. The van der Waals surface area contributed by atoms with Gasteiger partial charge in [-0.15, -0.1) is 0 Å². The van der Waals surface area contributed by atoms with E-state index in [1.54, 1.807) is 18.2 Å². The lowest BCUT2D eigenvalue weighted by Crippen LogP contribution is -2.03. The van der Waals surface area contributed by atoms with Gasteiger partial charge in [-0.2, -0.15) is 0 Å². The van der Waals surface area contributed by atoms with E-state index in [-0.39, 0.29) is 5.82 Å². The van der Waals surface area contributed by atoms with E-state index in [1.165, 1.54) is 12.1 Å². The summed E-state index contributed by atoms with van der Waals surface area (Å²) in [6, 6.07) is 11.9. The summed E-state index contributed by atoms with van der Waals surface area (Å²) < 4.78 is 24.7. The fraction of sp³-hybridized carbons (Fsp3) is 0.294. The fourth-order valence-electron chi connectivity index (χ4n) is 1.95. The van der Waals surface area contributed by atoms with Crippen LogP contribution in [0.15, 0.2) is 42.5 Å². The SMILES string of the molecule is CCCOc1ccc(Oc2cc(F)cc(CCN)c2)cc1. The third kappa shape index (κ3) is 4.76. The van der Waals surface area contributed by atoms with Gasteiger partial charge in [-0.05, 0) is 61.3 Å². The molecule has 2 aromatic rings. The van der Waals surface area contributed by atoms with Gasteiger partial charge in [-0.3, -0.25) is 0 Å². The number of hydrogen-bond donors (Lipinski definition) is 1. The van der Waals surface area contributed by atoms with Gasteiger partial charge in [-0.25, -0.2) is 4.39 Å². The van der Waals surface area contributed by atoms with Crippen molar-refractivity contribution >= 4 is 0 Å². The van der Waals surface area contributed by atoms with Gasteiger partial charge in [-0.1, -0.05) is 6.92 Å². The van der Waals surface area contributed by atoms with Gasteiger partial charge in [0.15, 0.2) is 0 Å². The van der Waals surface area contributed by atoms with Crippen molar-refractivity contribution < 1.29 is 13.9 Å². The van der Waals surface area contributed by atoms with Crippen LogP contribution in [0.4, 0.5) is 4.39 Å². The molecule has 3 nitrogen and oxygen atoms in total. The zero-order valence-electron chi connectivity index (χ0n) is 12.1. The first-order chi connectivity index (χ1) is 10.2. The van der Waals surface area contributed by atoms with Gasteiger partial charge in [0.25, 0.3) is 0 Å². The van der Waals surface area contributed by atoms with Crippen LogP contribution in [-0.2, 0) is 6.42 Å². The molecule has 2 N–H and O–H groups in total. The number of benzene rings is 2. The Hall–Kier alpha value is -2.07. The van der Waals surface area contributed by atoms with Crippen molar-refractivity contribution in [3.05, 3.63) is 53.8 Å². The molecular formula is C17H20FNO2. The Kier molecular flexibility index (Phi) is 5.58. The molecule has 0 fully saturated rings. The summed E-state index contributed by atoms with van der Waals surface area (Å²) in [5.41, 5.74) is 6.32. The number of halogens is 1. The van der Waals surface area contributed by atoms with Gasteiger partial charge in [0.2, 0.25) is 0 Å². The highest BCUT2D eigenvalue weighted by molar-refractivity contribution is 5.37. The lowest BCUT2D eigenvalue weighted by atomic mass is 10.1. The summed E-state index contributed by atoms with van der Waals surface area (Å²) in [6.07, 6.45) is 1.59. The van der Waals surface area contributed by atoms with Crippen molar-refractivity contribution in [2.45, 2.75) is 19.8 Å². The summed E-state index contributed by atoms with van der Waals surface area (Å²) in [4.78, 5) is 0. The Morgan fingerprint density at radius 2 is 1.71 bits per heavy atom. The van der Waals surface area contributed by atoms with Crippen LogP contribution in [0.1, 0.15) is 18.9 Å². The Balaban J connectivity index is 2.07. The minimum Gasteiger partial charge on any atom is -0.494 e. The quantitative estimate of drug-likeness (QED) is 0.840. The van der Waals surface area contributed by atoms with Crippen molar-refractivity contribution in [3.8, 4) is 17.2 Å². The molecule has 0 unspecified atom stereocenters. The van der Waals surface area contributed by atoms with E-state index in [4.69, 9.17) is 15.2 Å². The van der Waals surface area contributed by atoms with Gasteiger partial charge in [0.1, 0.15) is 23.1 Å². The molecule has 0 aliphatic rings. The average Bonchev–Trinajstić information content (AvgIpc) is 2.46. The zero-order valence-corrected chi connectivity index (χ0v) is 12.1. The largest absolute Gasteiger partial charge is 0.494 e. The van der Waals surface area contributed by atoms with Crippen LogP contribution >= 0.6 is 0 Å². The molecule has 112 valence electrons. The molecule has 4 heteroatoms. The molecule has 0 spiro atoms. The lowest BCUT2D eigenvalue weighted by molar-refractivity contribution is 0.317. The molecule has 0 saturated heterocycles. The molecule has 2 aromatic carbocycles. The number of nitrogens with two attached hydrogens (primary N) is 1. The first-order valence-corrected chi connectivity index (χ1v) is 7.11. The maximum absolute atomic E-state index is 13.5. The Morgan fingerprint density at radius 3 is 2.38 bits per heavy atom. The van der Waals surface area contributed by atoms with Crippen LogP contribution in [0.3, 0.4) is 0 Å². The van der Waals surface area contributed by atoms with E-state index in [0.717, 1.165) is 17.7 Å². The van der Waals surface area contributed by atoms with Gasteiger partial charge >= 0.3 is 0 Å². The first kappa shape index (κ1) is 15.3. The maximum Gasteiger partial charge on any atom is 0.130 e. The minimum atomic E-state index is -0.321. The molecule has 2 rings (SSSR count). The number of ether oxygens (including phenoxy) is 2. The highest BCUT2D eigenvalue weighted by Crippen LogP contribution is 2.25. The van der Waals surface area contributed by atoms with Gasteiger partial charge < -0.3 is 15.2 Å². The first-order valence-electron chi connectivity index (χ1n) is 7.11. The Labute approximate surface area is 124 Å². The van der Waals surface area contributed by atoms with Crippen LogP contribution in [0.5, 0.6) is 17.2 Å². The number of hydrogen-bond acceptors (Lipinski definition) is 3. The summed E-state index contributed by atoms with van der Waals surface area (Å²) in [6.45, 7) is 3.22. The van der Waals surface area contributed by atoms with E-state index in [1.807, 2.05) is 12.1 Å². The molecule has 0 amide bonds. The van der Waals surface area contributed by atoms with Crippen molar-refractivity contribution in [2.75, 3.05) is 13.2 Å². The second-order valence-corrected chi connectivity index (χ2v) is 4.76. The maximum atomic E-state index is 13.5. The van der Waals surface area contributed by atoms with Crippen LogP contribution in [-0.4, -0.2) is 13.2 Å². The molecule has 0 radical (unpaired) electrons. The second kappa shape index (κ2) is 7.64. The Morgan fingerprint density at radius 1 is 1.00 bits per heavy atom. The summed E-state index contributed by atoms with van der Waals surface area (Å²) in [5.74, 6) is 1.59. The normalized spacial score (nSPS) is 10.4. The van der Waals surface area contributed by atoms with Crippen molar-refractivity contribution in [1.82, 2.24) is 0 Å². The molecule has 0 heterocycles. The molecule has 0 aliphatic carbocycles. The van der Waals surface area contributed by atoms with E-state index >= 15 is 0 Å². The van der Waals surface area contributed by atoms with Crippen LogP contribution < -0.4 is 15.2 Å². The Bertz CT molecular complexity index is 570. The van der Waals surface area contributed by atoms with Gasteiger partial charge in [0.05, 0.1) is 6.61 Å². The van der Waals surface area contributed by atoms with E-state index in [0.29, 0.717) is 31.1 Å². The molecule has 0 saturated carbocycles. The van der Waals surface area contributed by atoms with E-state index in [9.17, 15) is 4.39 Å². The van der Waals surface area contributed by atoms with Crippen molar-refractivity contribution in [1.29, 1.82) is 0 Å². The minimum absolute atomic E-state index is 0.321. The third-order valence-corrected chi connectivity index (χ3v) is 2.90. The molecule has 21 heavy (non-hydrogen) atoms. The predicted octanol–water partition coefficient (Wildman–Crippen LogP) is 3.91. The van der Waals surface area contributed by atoms with E-state index < -0.39 is 0 Å². The topological polar surface area (TPSA) is 44.5 Å². The van der Waals surface area contributed by atoms with Crippen LogP contribution in [0.2, 0.25) is 0 Å². The average molecular weight is 289 g/mol. The summed E-state index contributed by atoms with van der Waals surface area (Å²) in [5, 5.41) is 0. The molecule has 0 aromatic heterocycles. The van der Waals surface area contributed by atoms with Gasteiger partial charge in [0, 0.05) is 6.07 Å². The van der Waals surface area contributed by atoms with Crippen molar-refractivity contribution in [3.63, 3.8) is 0 Å². The van der Waals surface area contributed by atoms with Crippen LogP contribution in [0, 0.1) is 5.82 Å². The predicted molar refractivity (Wildman–Crippen MR) is 81.5 cm³/mol. The smallest absolute Gasteiger partial charge is 0.130 e. The molecule has 0 atom stereocenters. The summed E-state index contributed by atoms with van der Waals surface area (Å²) in [7, 11) is 0. The third-order valence-electron chi connectivity index (χ3n) is 2.90. The molecular weight excluding hydrogens is 269 g/mol. The van der Waals surface area contributed by atoms with Crippen LogP contribution in [0.25, 0.3) is 0 Å². The number of rotatable bonds is 7. The highest BCUT2D eigenvalue weighted by Gasteiger charge is 2.03. The monoisotopic (exact) mass is 289 g/mol. The standard InChI is InChI=1S/C17H20FNO2/c1-2-9-20-15-3-5-16(6-4-15)21-17-11-13(7-8-19)10-14(18)12-17/h3-6,10-12H,2,7-9,19H2,1H3. The van der Waals surface area contributed by atoms with Crippen molar-refractivity contribution in [2.24, 2.45) is 5.73 Å². The molecule has 0 bridgehead atoms. The fourth-order valence-corrected chi connectivity index (χ4v) is 1.95.